The van der Waals surface area contributed by atoms with Gasteiger partial charge in [0.2, 0.25) is 0 Å². The van der Waals surface area contributed by atoms with Crippen molar-refractivity contribution >= 4 is 0 Å². The molecule has 0 unspecified atom stereocenters. The van der Waals surface area contributed by atoms with Crippen LogP contribution >= 0.6 is 0 Å². The lowest BCUT2D eigenvalue weighted by Crippen LogP contribution is -2.36. The van der Waals surface area contributed by atoms with Crippen molar-refractivity contribution in [3.8, 4) is 0 Å². The van der Waals surface area contributed by atoms with Gasteiger partial charge in [0.05, 0.1) is 5.92 Å². The Bertz CT molecular complexity index is 371. The second-order valence-corrected chi connectivity index (χ2v) is 3.87. The van der Waals surface area contributed by atoms with Crippen molar-refractivity contribution < 1.29 is 13.2 Å². The lowest BCUT2D eigenvalue weighted by Gasteiger charge is -2.29. The van der Waals surface area contributed by atoms with Crippen molar-refractivity contribution in [2.75, 3.05) is 6.54 Å². The molecule has 0 saturated carbocycles. The van der Waals surface area contributed by atoms with Crippen molar-refractivity contribution in [2.45, 2.75) is 25.6 Å². The summed E-state index contributed by atoms with van der Waals surface area (Å²) in [6.07, 6.45) is -4.16. The SMILES string of the molecule is Cc1cccc2c1CNC[C@@H]2C(F)(F)F. The van der Waals surface area contributed by atoms with Crippen LogP contribution in [0.5, 0.6) is 0 Å². The molecule has 4 heteroatoms. The second-order valence-electron chi connectivity index (χ2n) is 3.87. The summed E-state index contributed by atoms with van der Waals surface area (Å²) in [5.74, 6) is -1.36. The van der Waals surface area contributed by atoms with Crippen LogP contribution < -0.4 is 5.32 Å². The Morgan fingerprint density at radius 2 is 2.07 bits per heavy atom. The third-order valence-corrected chi connectivity index (χ3v) is 2.87. The Balaban J connectivity index is 2.48. The highest BCUT2D eigenvalue weighted by atomic mass is 19.4. The van der Waals surface area contributed by atoms with E-state index < -0.39 is 12.1 Å². The maximum Gasteiger partial charge on any atom is 0.396 e. The average molecular weight is 215 g/mol. The van der Waals surface area contributed by atoms with Gasteiger partial charge in [0.15, 0.2) is 0 Å². The fourth-order valence-electron chi connectivity index (χ4n) is 2.04. The summed E-state index contributed by atoms with van der Waals surface area (Å²) in [6.45, 7) is 2.37. The number of fused-ring (bicyclic) bond motifs is 1. The highest BCUT2D eigenvalue weighted by Gasteiger charge is 2.42. The number of aryl methyl sites for hydroxylation is 1. The number of benzene rings is 1. The van der Waals surface area contributed by atoms with Gasteiger partial charge >= 0.3 is 6.18 Å². The smallest absolute Gasteiger partial charge is 0.312 e. The van der Waals surface area contributed by atoms with E-state index in [2.05, 4.69) is 5.32 Å². The molecule has 15 heavy (non-hydrogen) atoms. The third-order valence-electron chi connectivity index (χ3n) is 2.87. The lowest BCUT2D eigenvalue weighted by atomic mass is 9.88. The normalized spacial score (nSPS) is 21.2. The summed E-state index contributed by atoms with van der Waals surface area (Å²) >= 11 is 0. The van der Waals surface area contributed by atoms with E-state index in [-0.39, 0.29) is 6.54 Å². The standard InChI is InChI=1S/C11H12F3N/c1-7-3-2-4-8-9(7)5-15-6-10(8)11(12,13)14/h2-4,10,15H,5-6H2,1H3/t10-/m0/s1. The van der Waals surface area contributed by atoms with Crippen molar-refractivity contribution in [2.24, 2.45) is 0 Å². The molecule has 0 aliphatic carbocycles. The van der Waals surface area contributed by atoms with E-state index in [4.69, 9.17) is 0 Å². The molecule has 1 aliphatic rings. The average Bonchev–Trinajstić information content (AvgIpc) is 2.16. The number of hydrogen-bond acceptors (Lipinski definition) is 1. The molecule has 1 N–H and O–H groups in total. The molecule has 0 spiro atoms. The fraction of sp³-hybridized carbons (Fsp3) is 0.455. The number of rotatable bonds is 0. The maximum absolute atomic E-state index is 12.7. The first-order chi connectivity index (χ1) is 7.00. The molecule has 82 valence electrons. The first-order valence-corrected chi connectivity index (χ1v) is 4.86. The monoisotopic (exact) mass is 215 g/mol. The molecule has 1 heterocycles. The Morgan fingerprint density at radius 3 is 2.73 bits per heavy atom. The molecule has 1 nitrogen and oxygen atoms in total. The van der Waals surface area contributed by atoms with Gasteiger partial charge in [-0.2, -0.15) is 13.2 Å². The largest absolute Gasteiger partial charge is 0.396 e. The van der Waals surface area contributed by atoms with Crippen LogP contribution in [0.4, 0.5) is 13.2 Å². The van der Waals surface area contributed by atoms with Crippen LogP contribution in [-0.4, -0.2) is 12.7 Å². The van der Waals surface area contributed by atoms with Gasteiger partial charge in [-0.1, -0.05) is 18.2 Å². The Morgan fingerprint density at radius 1 is 1.33 bits per heavy atom. The molecular weight excluding hydrogens is 203 g/mol. The van der Waals surface area contributed by atoms with E-state index in [9.17, 15) is 13.2 Å². The molecule has 1 aliphatic heterocycles. The van der Waals surface area contributed by atoms with Crippen molar-refractivity contribution in [3.05, 3.63) is 34.9 Å². The van der Waals surface area contributed by atoms with Crippen LogP contribution in [0.25, 0.3) is 0 Å². The molecule has 2 rings (SSSR count). The molecule has 0 aromatic heterocycles. The van der Waals surface area contributed by atoms with Crippen molar-refractivity contribution in [1.29, 1.82) is 0 Å². The van der Waals surface area contributed by atoms with Gasteiger partial charge in [0.25, 0.3) is 0 Å². The van der Waals surface area contributed by atoms with Crippen LogP contribution in [-0.2, 0) is 6.54 Å². The van der Waals surface area contributed by atoms with E-state index in [1.165, 1.54) is 0 Å². The summed E-state index contributed by atoms with van der Waals surface area (Å²) in [6, 6.07) is 5.12. The van der Waals surface area contributed by atoms with Crippen LogP contribution in [0, 0.1) is 6.92 Å². The topological polar surface area (TPSA) is 12.0 Å². The summed E-state index contributed by atoms with van der Waals surface area (Å²) in [4.78, 5) is 0. The Kier molecular flexibility index (Phi) is 2.46. The van der Waals surface area contributed by atoms with E-state index in [0.717, 1.165) is 11.1 Å². The van der Waals surface area contributed by atoms with Crippen LogP contribution in [0.3, 0.4) is 0 Å². The molecule has 1 aromatic rings. The first kappa shape index (κ1) is 10.5. The molecule has 1 atom stereocenters. The molecule has 0 bridgehead atoms. The zero-order valence-corrected chi connectivity index (χ0v) is 8.36. The molecule has 0 radical (unpaired) electrons. The van der Waals surface area contributed by atoms with Crippen LogP contribution in [0.15, 0.2) is 18.2 Å². The van der Waals surface area contributed by atoms with Gasteiger partial charge in [-0.25, -0.2) is 0 Å². The predicted octanol–water partition coefficient (Wildman–Crippen LogP) is 2.74. The third kappa shape index (κ3) is 1.86. The van der Waals surface area contributed by atoms with Crippen molar-refractivity contribution in [3.63, 3.8) is 0 Å². The minimum absolute atomic E-state index is 0.0139. The van der Waals surface area contributed by atoms with Gasteiger partial charge in [0.1, 0.15) is 0 Å². The number of halogens is 3. The van der Waals surface area contributed by atoms with Crippen molar-refractivity contribution in [1.82, 2.24) is 5.32 Å². The summed E-state index contributed by atoms with van der Waals surface area (Å²) < 4.78 is 38.1. The van der Waals surface area contributed by atoms with E-state index in [0.29, 0.717) is 12.1 Å². The lowest BCUT2D eigenvalue weighted by molar-refractivity contribution is -0.150. The summed E-state index contributed by atoms with van der Waals surface area (Å²) in [7, 11) is 0. The molecule has 0 saturated heterocycles. The number of alkyl halides is 3. The van der Waals surface area contributed by atoms with E-state index in [1.807, 2.05) is 13.0 Å². The minimum Gasteiger partial charge on any atom is -0.312 e. The molecule has 1 aromatic carbocycles. The Hall–Kier alpha value is -1.03. The quantitative estimate of drug-likeness (QED) is 0.701. The summed E-state index contributed by atoms with van der Waals surface area (Å²) in [5.41, 5.74) is 2.15. The highest BCUT2D eigenvalue weighted by Crippen LogP contribution is 2.38. The summed E-state index contributed by atoms with van der Waals surface area (Å²) in [5, 5.41) is 2.82. The van der Waals surface area contributed by atoms with Gasteiger partial charge < -0.3 is 5.32 Å². The minimum atomic E-state index is -4.16. The zero-order chi connectivity index (χ0) is 11.1. The Labute approximate surface area is 86.3 Å². The zero-order valence-electron chi connectivity index (χ0n) is 8.36. The molecular formula is C11H12F3N. The highest BCUT2D eigenvalue weighted by molar-refractivity contribution is 5.39. The molecule has 0 amide bonds. The van der Waals surface area contributed by atoms with Gasteiger partial charge in [-0.15, -0.1) is 0 Å². The second kappa shape index (κ2) is 3.52. The van der Waals surface area contributed by atoms with E-state index >= 15 is 0 Å². The van der Waals surface area contributed by atoms with Gasteiger partial charge in [-0.05, 0) is 23.6 Å². The maximum atomic E-state index is 12.7. The first-order valence-electron chi connectivity index (χ1n) is 4.86. The number of hydrogen-bond donors (Lipinski definition) is 1. The van der Waals surface area contributed by atoms with Crippen LogP contribution in [0.1, 0.15) is 22.6 Å². The van der Waals surface area contributed by atoms with Crippen LogP contribution in [0.2, 0.25) is 0 Å². The fourth-order valence-corrected chi connectivity index (χ4v) is 2.04. The number of nitrogens with one attached hydrogen (secondary N) is 1. The van der Waals surface area contributed by atoms with E-state index in [1.54, 1.807) is 12.1 Å². The predicted molar refractivity (Wildman–Crippen MR) is 51.7 cm³/mol. The van der Waals surface area contributed by atoms with Gasteiger partial charge in [0, 0.05) is 13.1 Å². The van der Waals surface area contributed by atoms with Gasteiger partial charge in [-0.3, -0.25) is 0 Å². The molecule has 0 fully saturated rings.